The molecule has 1 aromatic carbocycles. The number of amides is 1. The largest absolute Gasteiger partial charge is 0.325 e. The van der Waals surface area contributed by atoms with E-state index in [1.54, 1.807) is 0 Å². The highest BCUT2D eigenvalue weighted by Gasteiger charge is 2.38. The van der Waals surface area contributed by atoms with Gasteiger partial charge < -0.3 is 5.32 Å². The average molecular weight is 321 g/mol. The first-order chi connectivity index (χ1) is 9.16. The van der Waals surface area contributed by atoms with Crippen molar-refractivity contribution in [3.05, 3.63) is 28.7 Å². The van der Waals surface area contributed by atoms with E-state index < -0.39 is 5.41 Å². The Bertz CT molecular complexity index is 499. The Morgan fingerprint density at radius 2 is 1.95 bits per heavy atom. The summed E-state index contributed by atoms with van der Waals surface area (Å²) in [4.78, 5) is 12.4. The second-order valence-corrected chi connectivity index (χ2v) is 5.99. The molecule has 1 saturated carbocycles. The number of nitrogens with zero attached hydrogens (tertiary/aromatic N) is 1. The average Bonchev–Trinajstić information content (AvgIpc) is 2.65. The molecule has 1 aromatic rings. The van der Waals surface area contributed by atoms with Crippen LogP contribution in [0.3, 0.4) is 0 Å². The van der Waals surface area contributed by atoms with Crippen LogP contribution in [0.4, 0.5) is 5.69 Å². The molecule has 0 saturated heterocycles. The van der Waals surface area contributed by atoms with E-state index >= 15 is 0 Å². The van der Waals surface area contributed by atoms with Crippen molar-refractivity contribution < 1.29 is 4.79 Å². The first-order valence-corrected chi connectivity index (χ1v) is 7.44. The van der Waals surface area contributed by atoms with E-state index in [4.69, 9.17) is 0 Å². The highest BCUT2D eigenvalue weighted by atomic mass is 79.9. The molecule has 1 fully saturated rings. The minimum atomic E-state index is -0.848. The van der Waals surface area contributed by atoms with Gasteiger partial charge in [0.1, 0.15) is 5.41 Å². The summed E-state index contributed by atoms with van der Waals surface area (Å²) in [5, 5.41) is 12.3. The van der Waals surface area contributed by atoms with Crippen LogP contribution in [0.15, 0.2) is 28.7 Å². The van der Waals surface area contributed by atoms with E-state index in [1.807, 2.05) is 24.3 Å². The van der Waals surface area contributed by atoms with Crippen LogP contribution < -0.4 is 5.32 Å². The number of nitriles is 1. The van der Waals surface area contributed by atoms with Gasteiger partial charge in [-0.05, 0) is 31.0 Å². The summed E-state index contributed by atoms with van der Waals surface area (Å²) < 4.78 is 0.914. The maximum atomic E-state index is 12.4. The van der Waals surface area contributed by atoms with Crippen molar-refractivity contribution in [2.75, 3.05) is 5.32 Å². The van der Waals surface area contributed by atoms with E-state index in [0.29, 0.717) is 12.8 Å². The fourth-order valence-electron chi connectivity index (χ4n) is 2.54. The summed E-state index contributed by atoms with van der Waals surface area (Å²) in [6.07, 6.45) is 5.49. The van der Waals surface area contributed by atoms with Gasteiger partial charge in [0.15, 0.2) is 0 Å². The highest BCUT2D eigenvalue weighted by molar-refractivity contribution is 9.10. The van der Waals surface area contributed by atoms with Gasteiger partial charge in [-0.2, -0.15) is 5.26 Å². The topological polar surface area (TPSA) is 52.9 Å². The third kappa shape index (κ3) is 3.36. The molecular formula is C15H17BrN2O. The molecule has 0 aliphatic heterocycles. The first-order valence-electron chi connectivity index (χ1n) is 6.65. The molecular weight excluding hydrogens is 304 g/mol. The molecule has 1 aliphatic carbocycles. The first kappa shape index (κ1) is 14.1. The number of nitrogens with one attached hydrogen (secondary N) is 1. The van der Waals surface area contributed by atoms with Crippen LogP contribution in [-0.4, -0.2) is 5.91 Å². The lowest BCUT2D eigenvalue weighted by molar-refractivity contribution is -0.123. The van der Waals surface area contributed by atoms with Gasteiger partial charge in [0.2, 0.25) is 5.91 Å². The number of benzene rings is 1. The van der Waals surface area contributed by atoms with Gasteiger partial charge in [-0.25, -0.2) is 0 Å². The quantitative estimate of drug-likeness (QED) is 0.828. The van der Waals surface area contributed by atoms with Crippen LogP contribution in [0.25, 0.3) is 0 Å². The number of anilines is 1. The molecule has 3 nitrogen and oxygen atoms in total. The summed E-state index contributed by atoms with van der Waals surface area (Å²) >= 11 is 3.37. The minimum absolute atomic E-state index is 0.157. The molecule has 2 rings (SSSR count). The van der Waals surface area contributed by atoms with E-state index in [1.165, 1.54) is 0 Å². The van der Waals surface area contributed by atoms with Crippen LogP contribution in [0.2, 0.25) is 0 Å². The second-order valence-electron chi connectivity index (χ2n) is 5.07. The molecule has 0 spiro atoms. The Morgan fingerprint density at radius 3 is 2.53 bits per heavy atom. The van der Waals surface area contributed by atoms with Crippen LogP contribution in [0.5, 0.6) is 0 Å². The number of carbonyl (C=O) groups excluding carboxylic acids is 1. The number of hydrogen-bond acceptors (Lipinski definition) is 2. The van der Waals surface area contributed by atoms with Crippen LogP contribution in [0, 0.1) is 16.7 Å². The van der Waals surface area contributed by atoms with Crippen LogP contribution in [-0.2, 0) is 4.79 Å². The van der Waals surface area contributed by atoms with E-state index in [-0.39, 0.29) is 5.91 Å². The molecule has 0 bridgehead atoms. The number of carbonyl (C=O) groups is 1. The zero-order chi connectivity index (χ0) is 13.7. The van der Waals surface area contributed by atoms with Crippen molar-refractivity contribution in [3.8, 4) is 6.07 Å². The molecule has 0 aromatic heterocycles. The zero-order valence-electron chi connectivity index (χ0n) is 10.8. The molecule has 0 radical (unpaired) electrons. The van der Waals surface area contributed by atoms with Gasteiger partial charge >= 0.3 is 0 Å². The molecule has 1 N–H and O–H groups in total. The van der Waals surface area contributed by atoms with Gasteiger partial charge in [0.05, 0.1) is 6.07 Å². The monoisotopic (exact) mass is 320 g/mol. The van der Waals surface area contributed by atoms with E-state index in [0.717, 1.165) is 35.8 Å². The molecule has 100 valence electrons. The maximum Gasteiger partial charge on any atom is 0.244 e. The van der Waals surface area contributed by atoms with E-state index in [9.17, 15) is 10.1 Å². The highest BCUT2D eigenvalue weighted by Crippen LogP contribution is 2.35. The Balaban J connectivity index is 2.15. The SMILES string of the molecule is N#CC1(C(=O)Nc2cccc(Br)c2)CCCCCC1. The lowest BCUT2D eigenvalue weighted by Crippen LogP contribution is -2.34. The van der Waals surface area contributed by atoms with Crippen molar-refractivity contribution >= 4 is 27.5 Å². The van der Waals surface area contributed by atoms with Crippen molar-refractivity contribution in [3.63, 3.8) is 0 Å². The summed E-state index contributed by atoms with van der Waals surface area (Å²) in [6, 6.07) is 9.72. The summed E-state index contributed by atoms with van der Waals surface area (Å²) in [6.45, 7) is 0. The second kappa shape index (κ2) is 6.21. The number of rotatable bonds is 2. The van der Waals surface area contributed by atoms with Crippen molar-refractivity contribution in [2.45, 2.75) is 38.5 Å². The molecule has 0 heterocycles. The number of halogens is 1. The predicted molar refractivity (Wildman–Crippen MR) is 78.5 cm³/mol. The molecule has 1 amide bonds. The fraction of sp³-hybridized carbons (Fsp3) is 0.467. The molecule has 0 atom stereocenters. The van der Waals surface area contributed by atoms with Gasteiger partial charge in [0, 0.05) is 10.2 Å². The van der Waals surface area contributed by atoms with Gasteiger partial charge in [-0.3, -0.25) is 4.79 Å². The minimum Gasteiger partial charge on any atom is -0.325 e. The molecule has 19 heavy (non-hydrogen) atoms. The normalized spacial score (nSPS) is 18.1. The Hall–Kier alpha value is -1.34. The van der Waals surface area contributed by atoms with Crippen LogP contribution >= 0.6 is 15.9 Å². The van der Waals surface area contributed by atoms with Crippen molar-refractivity contribution in [2.24, 2.45) is 5.41 Å². The molecule has 4 heteroatoms. The maximum absolute atomic E-state index is 12.4. The fourth-order valence-corrected chi connectivity index (χ4v) is 2.94. The predicted octanol–water partition coefficient (Wildman–Crippen LogP) is 4.25. The number of hydrogen-bond donors (Lipinski definition) is 1. The molecule has 0 unspecified atom stereocenters. The molecule has 1 aliphatic rings. The lowest BCUT2D eigenvalue weighted by atomic mass is 9.81. The van der Waals surface area contributed by atoms with Gasteiger partial charge in [-0.1, -0.05) is 47.7 Å². The van der Waals surface area contributed by atoms with Gasteiger partial charge in [-0.15, -0.1) is 0 Å². The van der Waals surface area contributed by atoms with Gasteiger partial charge in [0.25, 0.3) is 0 Å². The summed E-state index contributed by atoms with van der Waals surface area (Å²) in [7, 11) is 0. The Kier molecular flexibility index (Phi) is 4.60. The smallest absolute Gasteiger partial charge is 0.244 e. The summed E-state index contributed by atoms with van der Waals surface area (Å²) in [5.41, 5.74) is -0.114. The third-order valence-electron chi connectivity index (χ3n) is 3.69. The standard InChI is InChI=1S/C15H17BrN2O/c16-12-6-5-7-13(10-12)18-14(19)15(11-17)8-3-1-2-4-9-15/h5-7,10H,1-4,8-9H2,(H,18,19). The lowest BCUT2D eigenvalue weighted by Gasteiger charge is -2.23. The van der Waals surface area contributed by atoms with Crippen molar-refractivity contribution in [1.82, 2.24) is 0 Å². The zero-order valence-corrected chi connectivity index (χ0v) is 12.4. The Labute approximate surface area is 122 Å². The Morgan fingerprint density at radius 1 is 1.26 bits per heavy atom. The van der Waals surface area contributed by atoms with Crippen LogP contribution in [0.1, 0.15) is 38.5 Å². The van der Waals surface area contributed by atoms with E-state index in [2.05, 4.69) is 27.3 Å². The van der Waals surface area contributed by atoms with Crippen molar-refractivity contribution in [1.29, 1.82) is 5.26 Å². The summed E-state index contributed by atoms with van der Waals surface area (Å²) in [5.74, 6) is -0.157. The third-order valence-corrected chi connectivity index (χ3v) is 4.18.